The lowest BCUT2D eigenvalue weighted by molar-refractivity contribution is -0.384. The van der Waals surface area contributed by atoms with Crippen molar-refractivity contribution in [2.75, 3.05) is 32.7 Å². The zero-order valence-corrected chi connectivity index (χ0v) is 15.0. The van der Waals surface area contributed by atoms with Crippen LogP contribution in [0.1, 0.15) is 22.3 Å². The van der Waals surface area contributed by atoms with Crippen LogP contribution in [0.2, 0.25) is 0 Å². The Balaban J connectivity index is 1.44. The lowest BCUT2D eigenvalue weighted by atomic mass is 10.1. The molecule has 0 bridgehead atoms. The van der Waals surface area contributed by atoms with Gasteiger partial charge in [-0.3, -0.25) is 19.8 Å². The van der Waals surface area contributed by atoms with E-state index in [1.165, 1.54) is 24.3 Å². The highest BCUT2D eigenvalue weighted by atomic mass is 19.1. The summed E-state index contributed by atoms with van der Waals surface area (Å²) in [6.07, 6.45) is 0.346. The molecule has 1 heterocycles. The van der Waals surface area contributed by atoms with Gasteiger partial charge < -0.3 is 4.90 Å². The topological polar surface area (TPSA) is 66.7 Å². The summed E-state index contributed by atoms with van der Waals surface area (Å²) >= 11 is 0. The molecule has 2 aromatic rings. The van der Waals surface area contributed by atoms with Crippen LogP contribution in [-0.2, 0) is 6.54 Å². The number of nitro benzene ring substituents is 1. The van der Waals surface area contributed by atoms with Crippen molar-refractivity contribution in [2.45, 2.75) is 13.0 Å². The first kappa shape index (κ1) is 19.1. The van der Waals surface area contributed by atoms with Crippen LogP contribution in [0.25, 0.3) is 0 Å². The average molecular weight is 371 g/mol. The van der Waals surface area contributed by atoms with Gasteiger partial charge in [-0.25, -0.2) is 4.39 Å². The highest BCUT2D eigenvalue weighted by Gasteiger charge is 2.18. The highest BCUT2D eigenvalue weighted by Crippen LogP contribution is 2.15. The third kappa shape index (κ3) is 5.42. The molecule has 1 fully saturated rings. The van der Waals surface area contributed by atoms with Crippen LogP contribution >= 0.6 is 0 Å². The van der Waals surface area contributed by atoms with E-state index in [4.69, 9.17) is 0 Å². The van der Waals surface area contributed by atoms with Crippen molar-refractivity contribution in [3.63, 3.8) is 0 Å². The van der Waals surface area contributed by atoms with Crippen molar-refractivity contribution in [1.82, 2.24) is 9.80 Å². The second-order valence-corrected chi connectivity index (χ2v) is 6.72. The number of carbonyl (C=O) groups is 1. The van der Waals surface area contributed by atoms with Crippen LogP contribution < -0.4 is 0 Å². The van der Waals surface area contributed by atoms with E-state index in [0.717, 1.165) is 38.3 Å². The number of nitrogens with zero attached hydrogens (tertiary/aromatic N) is 3. The van der Waals surface area contributed by atoms with Gasteiger partial charge in [0.1, 0.15) is 5.82 Å². The molecule has 0 aliphatic carbocycles. The zero-order chi connectivity index (χ0) is 19.2. The number of rotatable bonds is 7. The zero-order valence-electron chi connectivity index (χ0n) is 15.0. The first-order valence-electron chi connectivity index (χ1n) is 8.98. The van der Waals surface area contributed by atoms with E-state index >= 15 is 0 Å². The largest absolute Gasteiger partial charge is 0.300 e. The lowest BCUT2D eigenvalue weighted by Crippen LogP contribution is -2.46. The second-order valence-electron chi connectivity index (χ2n) is 6.72. The van der Waals surface area contributed by atoms with Crippen molar-refractivity contribution in [1.29, 1.82) is 0 Å². The Bertz CT molecular complexity index is 802. The van der Waals surface area contributed by atoms with Gasteiger partial charge in [0.15, 0.2) is 5.78 Å². The van der Waals surface area contributed by atoms with Gasteiger partial charge in [0.25, 0.3) is 5.69 Å². The summed E-state index contributed by atoms with van der Waals surface area (Å²) in [6.45, 7) is 4.95. The lowest BCUT2D eigenvalue weighted by Gasteiger charge is -2.34. The number of carbonyl (C=O) groups excluding carboxylic acids is 1. The van der Waals surface area contributed by atoms with E-state index in [1.54, 1.807) is 24.3 Å². The Labute approximate surface area is 157 Å². The molecule has 2 aromatic carbocycles. The summed E-state index contributed by atoms with van der Waals surface area (Å²) in [6, 6.07) is 12.4. The third-order valence-corrected chi connectivity index (χ3v) is 4.82. The summed E-state index contributed by atoms with van der Waals surface area (Å²) in [5.41, 5.74) is 1.42. The quantitative estimate of drug-likeness (QED) is 0.425. The molecule has 0 spiro atoms. The van der Waals surface area contributed by atoms with E-state index < -0.39 is 4.92 Å². The van der Waals surface area contributed by atoms with Crippen molar-refractivity contribution in [3.8, 4) is 0 Å². The summed E-state index contributed by atoms with van der Waals surface area (Å²) < 4.78 is 13.0. The number of ketones is 1. The van der Waals surface area contributed by atoms with Crippen molar-refractivity contribution < 1.29 is 14.1 Å². The molecule has 0 unspecified atom stereocenters. The number of nitro groups is 1. The molecule has 142 valence electrons. The molecule has 0 saturated carbocycles. The van der Waals surface area contributed by atoms with Gasteiger partial charge in [-0.05, 0) is 17.7 Å². The molecule has 7 heteroatoms. The van der Waals surface area contributed by atoms with Crippen LogP contribution in [0, 0.1) is 15.9 Å². The predicted octanol–water partition coefficient (Wildman–Crippen LogP) is 3.12. The van der Waals surface area contributed by atoms with Crippen LogP contribution in [0.4, 0.5) is 10.1 Å². The fraction of sp³-hybridized carbons (Fsp3) is 0.350. The van der Waals surface area contributed by atoms with E-state index in [-0.39, 0.29) is 17.3 Å². The average Bonchev–Trinajstić information content (AvgIpc) is 2.69. The van der Waals surface area contributed by atoms with Crippen molar-refractivity contribution >= 4 is 11.5 Å². The Morgan fingerprint density at radius 2 is 1.70 bits per heavy atom. The number of halogens is 1. The third-order valence-electron chi connectivity index (χ3n) is 4.82. The van der Waals surface area contributed by atoms with Gasteiger partial charge in [0.05, 0.1) is 4.92 Å². The minimum atomic E-state index is -0.489. The number of benzene rings is 2. The van der Waals surface area contributed by atoms with Gasteiger partial charge in [-0.15, -0.1) is 0 Å². The van der Waals surface area contributed by atoms with Crippen LogP contribution in [0.3, 0.4) is 0 Å². The molecule has 3 rings (SSSR count). The summed E-state index contributed by atoms with van der Waals surface area (Å²) in [5, 5.41) is 10.8. The monoisotopic (exact) mass is 371 g/mol. The van der Waals surface area contributed by atoms with E-state index in [9.17, 15) is 19.3 Å². The Morgan fingerprint density at radius 3 is 2.37 bits per heavy atom. The first-order valence-corrected chi connectivity index (χ1v) is 8.98. The Morgan fingerprint density at radius 1 is 1.04 bits per heavy atom. The van der Waals surface area contributed by atoms with Crippen LogP contribution in [0.15, 0.2) is 48.5 Å². The standard InChI is InChI=1S/C20H22FN3O3/c21-18-6-4-16(5-7-18)15-23-12-10-22(11-13-23)9-8-20(25)17-2-1-3-19(14-17)24(26)27/h1-7,14H,8-13,15H2. The smallest absolute Gasteiger partial charge is 0.270 e. The second kappa shape index (κ2) is 8.83. The highest BCUT2D eigenvalue weighted by molar-refractivity contribution is 5.96. The molecule has 0 aromatic heterocycles. The van der Waals surface area contributed by atoms with Crippen LogP contribution in [0.5, 0.6) is 0 Å². The normalized spacial score (nSPS) is 15.6. The molecule has 0 atom stereocenters. The number of hydrogen-bond donors (Lipinski definition) is 0. The molecule has 0 N–H and O–H groups in total. The van der Waals surface area contributed by atoms with Crippen LogP contribution in [-0.4, -0.2) is 53.2 Å². The molecular weight excluding hydrogens is 349 g/mol. The molecule has 1 aliphatic rings. The van der Waals surface area contributed by atoms with Gasteiger partial charge in [0, 0.05) is 63.4 Å². The number of piperazine rings is 1. The van der Waals surface area contributed by atoms with E-state index in [0.29, 0.717) is 18.5 Å². The maximum Gasteiger partial charge on any atom is 0.270 e. The maximum absolute atomic E-state index is 13.0. The molecule has 0 radical (unpaired) electrons. The van der Waals surface area contributed by atoms with E-state index in [2.05, 4.69) is 9.80 Å². The molecule has 0 amide bonds. The summed E-state index contributed by atoms with van der Waals surface area (Å²) in [5.74, 6) is -0.301. The van der Waals surface area contributed by atoms with E-state index in [1.807, 2.05) is 0 Å². The summed E-state index contributed by atoms with van der Waals surface area (Å²) in [4.78, 5) is 27.2. The first-order chi connectivity index (χ1) is 13.0. The van der Waals surface area contributed by atoms with Gasteiger partial charge in [-0.2, -0.15) is 0 Å². The summed E-state index contributed by atoms with van der Waals surface area (Å²) in [7, 11) is 0. The fourth-order valence-electron chi connectivity index (χ4n) is 3.22. The van der Waals surface area contributed by atoms with Crippen molar-refractivity contribution in [3.05, 3.63) is 75.6 Å². The predicted molar refractivity (Wildman–Crippen MR) is 100 cm³/mol. The van der Waals surface area contributed by atoms with Gasteiger partial charge >= 0.3 is 0 Å². The molecular formula is C20H22FN3O3. The van der Waals surface area contributed by atoms with Crippen molar-refractivity contribution in [2.24, 2.45) is 0 Å². The molecule has 1 saturated heterocycles. The number of Topliss-reactive ketones (excluding diaryl/α,β-unsaturated/α-hetero) is 1. The maximum atomic E-state index is 13.0. The Hall–Kier alpha value is -2.64. The molecule has 27 heavy (non-hydrogen) atoms. The molecule has 6 nitrogen and oxygen atoms in total. The van der Waals surface area contributed by atoms with Gasteiger partial charge in [0.2, 0.25) is 0 Å². The number of hydrogen-bond acceptors (Lipinski definition) is 5. The fourth-order valence-corrected chi connectivity index (χ4v) is 3.22. The number of non-ortho nitro benzene ring substituents is 1. The SMILES string of the molecule is O=C(CCN1CCN(Cc2ccc(F)cc2)CC1)c1cccc([N+](=O)[O-])c1. The minimum absolute atomic E-state index is 0.0599. The minimum Gasteiger partial charge on any atom is -0.300 e. The van der Waals surface area contributed by atoms with Gasteiger partial charge in [-0.1, -0.05) is 24.3 Å². The molecule has 1 aliphatic heterocycles. The Kier molecular flexibility index (Phi) is 6.26.